The molecule has 0 saturated carbocycles. The fourth-order valence-electron chi connectivity index (χ4n) is 2.94. The van der Waals surface area contributed by atoms with Crippen LogP contribution in [0.2, 0.25) is 0 Å². The Morgan fingerprint density at radius 1 is 1.48 bits per heavy atom. The SMILES string of the molecule is COCC[C@@H]1CCCN(CC(=O)Nc2cccc(C)c2)C1. The quantitative estimate of drug-likeness (QED) is 0.876. The van der Waals surface area contributed by atoms with Gasteiger partial charge in [-0.1, -0.05) is 12.1 Å². The number of likely N-dealkylation sites (tertiary alicyclic amines) is 1. The molecule has 1 aliphatic rings. The zero-order valence-corrected chi connectivity index (χ0v) is 13.1. The minimum atomic E-state index is 0.0768. The van der Waals surface area contributed by atoms with E-state index in [0.29, 0.717) is 12.5 Å². The van der Waals surface area contributed by atoms with E-state index in [1.54, 1.807) is 7.11 Å². The molecular weight excluding hydrogens is 264 g/mol. The summed E-state index contributed by atoms with van der Waals surface area (Å²) in [6.07, 6.45) is 3.51. The number of nitrogens with zero attached hydrogens (tertiary/aromatic N) is 1. The zero-order chi connectivity index (χ0) is 15.1. The van der Waals surface area contributed by atoms with Gasteiger partial charge in [0.05, 0.1) is 6.54 Å². The largest absolute Gasteiger partial charge is 0.385 e. The van der Waals surface area contributed by atoms with Gasteiger partial charge in [0, 0.05) is 25.9 Å². The first-order valence-corrected chi connectivity index (χ1v) is 7.75. The van der Waals surface area contributed by atoms with Gasteiger partial charge in [0.25, 0.3) is 0 Å². The van der Waals surface area contributed by atoms with Crippen molar-refractivity contribution in [2.45, 2.75) is 26.2 Å². The molecule has 1 saturated heterocycles. The van der Waals surface area contributed by atoms with Gasteiger partial charge in [-0.2, -0.15) is 0 Å². The van der Waals surface area contributed by atoms with Crippen LogP contribution in [-0.2, 0) is 9.53 Å². The number of benzene rings is 1. The van der Waals surface area contributed by atoms with Crippen LogP contribution in [0.15, 0.2) is 24.3 Å². The maximum atomic E-state index is 12.1. The normalized spacial score (nSPS) is 19.4. The van der Waals surface area contributed by atoms with E-state index >= 15 is 0 Å². The molecule has 4 heteroatoms. The molecule has 1 atom stereocenters. The van der Waals surface area contributed by atoms with Gasteiger partial charge in [0.1, 0.15) is 0 Å². The van der Waals surface area contributed by atoms with E-state index in [0.717, 1.165) is 37.4 Å². The molecule has 0 spiro atoms. The first kappa shape index (κ1) is 16.0. The van der Waals surface area contributed by atoms with Crippen LogP contribution in [0.5, 0.6) is 0 Å². The van der Waals surface area contributed by atoms with Crippen LogP contribution in [0.1, 0.15) is 24.8 Å². The van der Waals surface area contributed by atoms with Crippen molar-refractivity contribution >= 4 is 11.6 Å². The third-order valence-corrected chi connectivity index (χ3v) is 4.00. The van der Waals surface area contributed by atoms with Crippen LogP contribution in [0.25, 0.3) is 0 Å². The number of amides is 1. The second-order valence-corrected chi connectivity index (χ2v) is 5.94. The minimum Gasteiger partial charge on any atom is -0.385 e. The summed E-state index contributed by atoms with van der Waals surface area (Å²) in [5, 5.41) is 2.98. The second-order valence-electron chi connectivity index (χ2n) is 5.94. The smallest absolute Gasteiger partial charge is 0.238 e. The Hall–Kier alpha value is -1.39. The molecule has 1 aliphatic heterocycles. The lowest BCUT2D eigenvalue weighted by atomic mass is 9.95. The van der Waals surface area contributed by atoms with Gasteiger partial charge in [-0.3, -0.25) is 9.69 Å². The third kappa shape index (κ3) is 5.48. The molecule has 2 rings (SSSR count). The molecule has 0 aromatic heterocycles. The number of hydrogen-bond donors (Lipinski definition) is 1. The molecule has 1 amide bonds. The van der Waals surface area contributed by atoms with Crippen LogP contribution >= 0.6 is 0 Å². The van der Waals surface area contributed by atoms with Gasteiger partial charge in [-0.05, 0) is 56.3 Å². The van der Waals surface area contributed by atoms with Crippen molar-refractivity contribution < 1.29 is 9.53 Å². The lowest BCUT2D eigenvalue weighted by Gasteiger charge is -2.32. The maximum Gasteiger partial charge on any atom is 0.238 e. The number of carbonyl (C=O) groups is 1. The molecule has 21 heavy (non-hydrogen) atoms. The van der Waals surface area contributed by atoms with Crippen molar-refractivity contribution in [3.05, 3.63) is 29.8 Å². The van der Waals surface area contributed by atoms with E-state index in [2.05, 4.69) is 10.2 Å². The second kappa shape index (κ2) is 8.15. The molecule has 0 aliphatic carbocycles. The monoisotopic (exact) mass is 290 g/mol. The number of methoxy groups -OCH3 is 1. The van der Waals surface area contributed by atoms with E-state index in [9.17, 15) is 4.79 Å². The average Bonchev–Trinajstić information content (AvgIpc) is 2.45. The highest BCUT2D eigenvalue weighted by Gasteiger charge is 2.21. The van der Waals surface area contributed by atoms with Gasteiger partial charge in [-0.25, -0.2) is 0 Å². The van der Waals surface area contributed by atoms with E-state index in [1.165, 1.54) is 12.8 Å². The predicted molar refractivity (Wildman–Crippen MR) is 85.5 cm³/mol. The van der Waals surface area contributed by atoms with Crippen LogP contribution in [0, 0.1) is 12.8 Å². The molecule has 1 fully saturated rings. The summed E-state index contributed by atoms with van der Waals surface area (Å²) in [6.45, 7) is 5.35. The Morgan fingerprint density at radius 2 is 2.33 bits per heavy atom. The van der Waals surface area contributed by atoms with Crippen LogP contribution in [0.4, 0.5) is 5.69 Å². The number of piperidine rings is 1. The number of nitrogens with one attached hydrogen (secondary N) is 1. The molecule has 1 N–H and O–H groups in total. The first-order valence-electron chi connectivity index (χ1n) is 7.75. The first-order chi connectivity index (χ1) is 10.2. The summed E-state index contributed by atoms with van der Waals surface area (Å²) in [4.78, 5) is 14.4. The zero-order valence-electron chi connectivity index (χ0n) is 13.1. The van der Waals surface area contributed by atoms with Crippen LogP contribution in [0.3, 0.4) is 0 Å². The van der Waals surface area contributed by atoms with Crippen molar-refractivity contribution in [1.29, 1.82) is 0 Å². The highest BCUT2D eigenvalue weighted by atomic mass is 16.5. The van der Waals surface area contributed by atoms with Gasteiger partial charge < -0.3 is 10.1 Å². The molecule has 0 radical (unpaired) electrons. The number of hydrogen-bond acceptors (Lipinski definition) is 3. The van der Waals surface area contributed by atoms with Crippen molar-refractivity contribution in [3.63, 3.8) is 0 Å². The fourth-order valence-corrected chi connectivity index (χ4v) is 2.94. The molecule has 1 heterocycles. The number of ether oxygens (including phenoxy) is 1. The number of rotatable bonds is 6. The van der Waals surface area contributed by atoms with Gasteiger partial charge >= 0.3 is 0 Å². The lowest BCUT2D eigenvalue weighted by Crippen LogP contribution is -2.40. The Morgan fingerprint density at radius 3 is 3.10 bits per heavy atom. The fraction of sp³-hybridized carbons (Fsp3) is 0.588. The topological polar surface area (TPSA) is 41.6 Å². The van der Waals surface area contributed by atoms with Crippen molar-refractivity contribution in [3.8, 4) is 0 Å². The Kier molecular flexibility index (Phi) is 6.21. The third-order valence-electron chi connectivity index (χ3n) is 4.00. The molecule has 1 aromatic carbocycles. The summed E-state index contributed by atoms with van der Waals surface area (Å²) >= 11 is 0. The predicted octanol–water partition coefficient (Wildman–Crippen LogP) is 2.68. The Bertz CT molecular complexity index is 462. The lowest BCUT2D eigenvalue weighted by molar-refractivity contribution is -0.117. The van der Waals surface area contributed by atoms with Crippen molar-refractivity contribution in [2.24, 2.45) is 5.92 Å². The number of aryl methyl sites for hydroxylation is 1. The molecule has 0 unspecified atom stereocenters. The summed E-state index contributed by atoms with van der Waals surface area (Å²) in [7, 11) is 1.75. The van der Waals surface area contributed by atoms with E-state index in [-0.39, 0.29) is 5.91 Å². The Labute approximate surface area is 127 Å². The molecule has 0 bridgehead atoms. The highest BCUT2D eigenvalue weighted by Crippen LogP contribution is 2.19. The van der Waals surface area contributed by atoms with Gasteiger partial charge in [0.15, 0.2) is 0 Å². The minimum absolute atomic E-state index is 0.0768. The van der Waals surface area contributed by atoms with Gasteiger partial charge in [0.2, 0.25) is 5.91 Å². The molecule has 116 valence electrons. The van der Waals surface area contributed by atoms with Crippen molar-refractivity contribution in [2.75, 3.05) is 38.7 Å². The summed E-state index contributed by atoms with van der Waals surface area (Å²) in [5.41, 5.74) is 2.04. The maximum absolute atomic E-state index is 12.1. The summed E-state index contributed by atoms with van der Waals surface area (Å²) < 4.78 is 5.15. The standard InChI is InChI=1S/C17H26N2O2/c1-14-5-3-7-16(11-14)18-17(20)13-19-9-4-6-15(12-19)8-10-21-2/h3,5,7,11,15H,4,6,8-10,12-13H2,1-2H3,(H,18,20)/t15-/m0/s1. The number of carbonyl (C=O) groups excluding carboxylic acids is 1. The van der Waals surface area contributed by atoms with Crippen LogP contribution < -0.4 is 5.32 Å². The Balaban J connectivity index is 1.79. The summed E-state index contributed by atoms with van der Waals surface area (Å²) in [6, 6.07) is 7.92. The highest BCUT2D eigenvalue weighted by molar-refractivity contribution is 5.92. The van der Waals surface area contributed by atoms with E-state index < -0.39 is 0 Å². The molecular formula is C17H26N2O2. The summed E-state index contributed by atoms with van der Waals surface area (Å²) in [5.74, 6) is 0.735. The van der Waals surface area contributed by atoms with E-state index in [4.69, 9.17) is 4.74 Å². The van der Waals surface area contributed by atoms with Crippen molar-refractivity contribution in [1.82, 2.24) is 4.90 Å². The van der Waals surface area contributed by atoms with Gasteiger partial charge in [-0.15, -0.1) is 0 Å². The number of anilines is 1. The van der Waals surface area contributed by atoms with E-state index in [1.807, 2.05) is 31.2 Å². The van der Waals surface area contributed by atoms with Crippen LogP contribution in [-0.4, -0.2) is 44.2 Å². The average molecular weight is 290 g/mol. The molecule has 1 aromatic rings. The molecule has 4 nitrogen and oxygen atoms in total.